The van der Waals surface area contributed by atoms with E-state index in [0.29, 0.717) is 16.8 Å². The molecule has 2 N–H and O–H groups in total. The number of aromatic carboxylic acids is 1. The van der Waals surface area contributed by atoms with Crippen molar-refractivity contribution in [3.63, 3.8) is 0 Å². The lowest BCUT2D eigenvalue weighted by Crippen LogP contribution is -2.46. The van der Waals surface area contributed by atoms with Crippen molar-refractivity contribution >= 4 is 33.6 Å². The molecule has 6 nitrogen and oxygen atoms in total. The molecular weight excluding hydrogens is 326 g/mol. The van der Waals surface area contributed by atoms with Gasteiger partial charge in [-0.05, 0) is 34.8 Å². The number of anilines is 1. The summed E-state index contributed by atoms with van der Waals surface area (Å²) in [7, 11) is 0. The van der Waals surface area contributed by atoms with Crippen molar-refractivity contribution in [2.45, 2.75) is 18.9 Å². The summed E-state index contributed by atoms with van der Waals surface area (Å²) in [6.45, 7) is 1.28. The third kappa shape index (κ3) is 2.15. The molecule has 2 atom stereocenters. The highest BCUT2D eigenvalue weighted by Crippen LogP contribution is 2.33. The molecule has 0 aliphatic carbocycles. The largest absolute Gasteiger partial charge is 0.478 e. The van der Waals surface area contributed by atoms with Crippen LogP contribution in [0.1, 0.15) is 23.2 Å². The summed E-state index contributed by atoms with van der Waals surface area (Å²) >= 11 is 3.24. The Labute approximate surface area is 124 Å². The van der Waals surface area contributed by atoms with Gasteiger partial charge in [-0.2, -0.15) is 0 Å². The molecule has 20 heavy (non-hydrogen) atoms. The predicted molar refractivity (Wildman–Crippen MR) is 75.8 cm³/mol. The molecule has 7 heteroatoms. The number of halogens is 1. The number of amides is 1. The van der Waals surface area contributed by atoms with E-state index < -0.39 is 5.97 Å². The number of carboxylic acids is 1. The number of piperidine rings is 1. The van der Waals surface area contributed by atoms with Crippen molar-refractivity contribution in [3.8, 4) is 0 Å². The van der Waals surface area contributed by atoms with Gasteiger partial charge in [-0.3, -0.25) is 4.79 Å². The third-order valence-corrected chi connectivity index (χ3v) is 4.37. The molecule has 0 saturated carbocycles. The number of aromatic nitrogens is 1. The number of nitrogens with zero attached hydrogens (tertiary/aromatic N) is 2. The molecule has 0 spiro atoms. The molecule has 1 aromatic heterocycles. The second-order valence-corrected chi connectivity index (χ2v) is 6.00. The van der Waals surface area contributed by atoms with E-state index in [4.69, 9.17) is 0 Å². The van der Waals surface area contributed by atoms with Gasteiger partial charge in [-0.15, -0.1) is 0 Å². The highest BCUT2D eigenvalue weighted by molar-refractivity contribution is 9.10. The van der Waals surface area contributed by atoms with Gasteiger partial charge in [0.05, 0.1) is 12.0 Å². The van der Waals surface area contributed by atoms with Crippen molar-refractivity contribution in [1.82, 2.24) is 10.3 Å². The Hall–Kier alpha value is -1.63. The van der Waals surface area contributed by atoms with Crippen LogP contribution in [0.5, 0.6) is 0 Å². The van der Waals surface area contributed by atoms with Crippen molar-refractivity contribution in [2.24, 2.45) is 5.92 Å². The number of pyridine rings is 1. The first-order chi connectivity index (χ1) is 9.58. The van der Waals surface area contributed by atoms with Crippen LogP contribution in [0.2, 0.25) is 0 Å². The zero-order chi connectivity index (χ0) is 14.3. The Morgan fingerprint density at radius 2 is 2.35 bits per heavy atom. The van der Waals surface area contributed by atoms with Crippen LogP contribution in [0.4, 0.5) is 5.82 Å². The van der Waals surface area contributed by atoms with Crippen LogP contribution in [-0.2, 0) is 4.79 Å². The first-order valence-corrected chi connectivity index (χ1v) is 7.30. The van der Waals surface area contributed by atoms with Crippen molar-refractivity contribution in [1.29, 1.82) is 0 Å². The van der Waals surface area contributed by atoms with Gasteiger partial charge in [-0.1, -0.05) is 0 Å². The minimum atomic E-state index is -1.01. The van der Waals surface area contributed by atoms with E-state index in [1.54, 1.807) is 12.3 Å². The molecule has 106 valence electrons. The number of fused-ring (bicyclic) bond motifs is 1. The molecule has 2 unspecified atom stereocenters. The van der Waals surface area contributed by atoms with Crippen LogP contribution < -0.4 is 10.2 Å². The monoisotopic (exact) mass is 339 g/mol. The standard InChI is InChI=1S/C13H14BrN3O3/c14-7-4-9(13(19)20)11(15-5-7)17-3-1-2-8-10(17)6-16-12(8)18/h4-5,8,10H,1-3,6H2,(H,16,18)(H,19,20). The fraction of sp³-hybridized carbons (Fsp3) is 0.462. The Morgan fingerprint density at radius 1 is 1.55 bits per heavy atom. The molecule has 0 aromatic carbocycles. The summed E-state index contributed by atoms with van der Waals surface area (Å²) in [5.41, 5.74) is 0.166. The number of hydrogen-bond donors (Lipinski definition) is 2. The van der Waals surface area contributed by atoms with E-state index in [2.05, 4.69) is 26.2 Å². The highest BCUT2D eigenvalue weighted by atomic mass is 79.9. The molecule has 3 rings (SSSR count). The molecule has 3 heterocycles. The molecule has 2 aliphatic heterocycles. The second kappa shape index (κ2) is 5.05. The fourth-order valence-corrected chi connectivity index (χ4v) is 3.36. The topological polar surface area (TPSA) is 82.5 Å². The summed E-state index contributed by atoms with van der Waals surface area (Å²) in [5.74, 6) is -0.551. The van der Waals surface area contributed by atoms with Gasteiger partial charge in [0.2, 0.25) is 5.91 Å². The first-order valence-electron chi connectivity index (χ1n) is 6.51. The maximum Gasteiger partial charge on any atom is 0.339 e. The van der Waals surface area contributed by atoms with Crippen LogP contribution in [0.15, 0.2) is 16.7 Å². The van der Waals surface area contributed by atoms with Crippen LogP contribution in [0.3, 0.4) is 0 Å². The van der Waals surface area contributed by atoms with Crippen molar-refractivity contribution < 1.29 is 14.7 Å². The Kier molecular flexibility index (Phi) is 3.37. The lowest BCUT2D eigenvalue weighted by atomic mass is 9.91. The minimum absolute atomic E-state index is 0.00280. The van der Waals surface area contributed by atoms with Gasteiger partial charge >= 0.3 is 5.97 Å². The third-order valence-electron chi connectivity index (χ3n) is 3.94. The molecule has 2 saturated heterocycles. The number of carbonyl (C=O) groups excluding carboxylic acids is 1. The van der Waals surface area contributed by atoms with E-state index >= 15 is 0 Å². The molecule has 1 aromatic rings. The fourth-order valence-electron chi connectivity index (χ4n) is 3.03. The number of rotatable bonds is 2. The van der Waals surface area contributed by atoms with E-state index in [1.807, 2.05) is 4.90 Å². The number of nitrogens with one attached hydrogen (secondary N) is 1. The van der Waals surface area contributed by atoms with Gasteiger partial charge < -0.3 is 15.3 Å². The van der Waals surface area contributed by atoms with Crippen molar-refractivity contribution in [2.75, 3.05) is 18.0 Å². The summed E-state index contributed by atoms with van der Waals surface area (Å²) in [4.78, 5) is 29.4. The Morgan fingerprint density at radius 3 is 3.10 bits per heavy atom. The molecule has 0 bridgehead atoms. The lowest BCUT2D eigenvalue weighted by Gasteiger charge is -2.37. The maximum absolute atomic E-state index is 11.8. The van der Waals surface area contributed by atoms with Gasteiger partial charge in [0.25, 0.3) is 0 Å². The van der Waals surface area contributed by atoms with Crippen molar-refractivity contribution in [3.05, 3.63) is 22.3 Å². The maximum atomic E-state index is 11.8. The summed E-state index contributed by atoms with van der Waals surface area (Å²) in [5, 5.41) is 12.2. The molecule has 2 aliphatic rings. The Balaban J connectivity index is 2.00. The highest BCUT2D eigenvalue weighted by Gasteiger charge is 2.42. The normalized spacial score (nSPS) is 25.2. The van der Waals surface area contributed by atoms with Crippen LogP contribution >= 0.6 is 15.9 Å². The van der Waals surface area contributed by atoms with Crippen LogP contribution in [0.25, 0.3) is 0 Å². The number of carbonyl (C=O) groups is 2. The summed E-state index contributed by atoms with van der Waals surface area (Å²) in [6, 6.07) is 1.56. The van der Waals surface area contributed by atoms with Gasteiger partial charge in [0, 0.05) is 23.8 Å². The van der Waals surface area contributed by atoms with Crippen LogP contribution in [-0.4, -0.2) is 41.1 Å². The summed E-state index contributed by atoms with van der Waals surface area (Å²) in [6.07, 6.45) is 3.31. The molecular formula is C13H14BrN3O3. The average Bonchev–Trinajstić information content (AvgIpc) is 2.81. The van der Waals surface area contributed by atoms with E-state index in [1.165, 1.54) is 0 Å². The minimum Gasteiger partial charge on any atom is -0.478 e. The Bertz CT molecular complexity index is 578. The van der Waals surface area contributed by atoms with E-state index in [-0.39, 0.29) is 23.4 Å². The van der Waals surface area contributed by atoms with Crippen LogP contribution in [0, 0.1) is 5.92 Å². The van der Waals surface area contributed by atoms with Gasteiger partial charge in [0.15, 0.2) is 0 Å². The van der Waals surface area contributed by atoms with E-state index in [0.717, 1.165) is 19.4 Å². The lowest BCUT2D eigenvalue weighted by molar-refractivity contribution is -0.123. The SMILES string of the molecule is O=C(O)c1cc(Br)cnc1N1CCCC2C(=O)NCC21. The number of carboxylic acid groups (broad SMARTS) is 1. The quantitative estimate of drug-likeness (QED) is 0.847. The number of hydrogen-bond acceptors (Lipinski definition) is 4. The predicted octanol–water partition coefficient (Wildman–Crippen LogP) is 1.26. The smallest absolute Gasteiger partial charge is 0.339 e. The average molecular weight is 340 g/mol. The first kappa shape index (κ1) is 13.4. The molecule has 2 fully saturated rings. The van der Waals surface area contributed by atoms with Gasteiger partial charge in [-0.25, -0.2) is 9.78 Å². The molecule has 0 radical (unpaired) electrons. The van der Waals surface area contributed by atoms with E-state index in [9.17, 15) is 14.7 Å². The zero-order valence-electron chi connectivity index (χ0n) is 10.7. The second-order valence-electron chi connectivity index (χ2n) is 5.08. The summed E-state index contributed by atoms with van der Waals surface area (Å²) < 4.78 is 0.632. The zero-order valence-corrected chi connectivity index (χ0v) is 12.3. The molecule has 1 amide bonds. The van der Waals surface area contributed by atoms with Gasteiger partial charge in [0.1, 0.15) is 11.4 Å².